The Balaban J connectivity index is 1.63. The summed E-state index contributed by atoms with van der Waals surface area (Å²) in [6.07, 6.45) is 8.80. The minimum atomic E-state index is -0.0287. The van der Waals surface area contributed by atoms with Gasteiger partial charge in [0.1, 0.15) is 0 Å². The highest BCUT2D eigenvalue weighted by Crippen LogP contribution is 2.51. The molecule has 0 aromatic heterocycles. The Morgan fingerprint density at radius 1 is 1.38 bits per heavy atom. The van der Waals surface area contributed by atoms with Crippen molar-refractivity contribution in [1.82, 2.24) is 0 Å². The summed E-state index contributed by atoms with van der Waals surface area (Å²) in [5.74, 6) is 3.40. The van der Waals surface area contributed by atoms with Crippen LogP contribution in [0.25, 0.3) is 0 Å². The Bertz CT molecular complexity index is 242. The number of thioether (sulfide) groups is 1. The van der Waals surface area contributed by atoms with Crippen molar-refractivity contribution in [3.63, 3.8) is 0 Å². The first-order valence-electron chi connectivity index (χ1n) is 6.39. The Hall–Kier alpha value is -0.180. The first kappa shape index (κ1) is 12.3. The zero-order valence-electron chi connectivity index (χ0n) is 10.2. The van der Waals surface area contributed by atoms with Crippen LogP contribution in [0.4, 0.5) is 0 Å². The first-order chi connectivity index (χ1) is 7.74. The highest BCUT2D eigenvalue weighted by Gasteiger charge is 2.44. The van der Waals surface area contributed by atoms with Gasteiger partial charge in [-0.15, -0.1) is 0 Å². The number of carbonyl (C=O) groups excluding carboxylic acids is 1. The van der Waals surface area contributed by atoms with Gasteiger partial charge in [-0.05, 0) is 48.5 Å². The van der Waals surface area contributed by atoms with E-state index in [1.807, 2.05) is 0 Å². The Morgan fingerprint density at radius 2 is 2.06 bits per heavy atom. The molecule has 92 valence electrons. The number of methoxy groups -OCH3 is 1. The predicted molar refractivity (Wildman–Crippen MR) is 67.6 cm³/mol. The number of rotatable bonds is 6. The maximum atomic E-state index is 11.3. The summed E-state index contributed by atoms with van der Waals surface area (Å²) in [4.78, 5) is 11.3. The number of carbonyl (C=O) groups is 1. The SMILES string of the molecule is COC(=O)CC1(CSCC2CCCC2)CC1. The van der Waals surface area contributed by atoms with E-state index in [9.17, 15) is 4.79 Å². The van der Waals surface area contributed by atoms with Crippen LogP contribution in [0.2, 0.25) is 0 Å². The summed E-state index contributed by atoms with van der Waals surface area (Å²) in [6, 6.07) is 0. The molecule has 2 saturated carbocycles. The molecule has 0 spiro atoms. The molecule has 0 aliphatic heterocycles. The lowest BCUT2D eigenvalue weighted by Gasteiger charge is -2.14. The highest BCUT2D eigenvalue weighted by molar-refractivity contribution is 7.99. The first-order valence-corrected chi connectivity index (χ1v) is 7.54. The normalized spacial score (nSPS) is 23.3. The van der Waals surface area contributed by atoms with Gasteiger partial charge in [0.05, 0.1) is 13.5 Å². The standard InChI is InChI=1S/C13H22O2S/c1-15-12(14)8-13(6-7-13)10-16-9-11-4-2-3-5-11/h11H,2-10H2,1H3. The lowest BCUT2D eigenvalue weighted by molar-refractivity contribution is -0.141. The Kier molecular flexibility index (Phi) is 4.17. The molecule has 2 nitrogen and oxygen atoms in total. The van der Waals surface area contributed by atoms with Gasteiger partial charge in [-0.3, -0.25) is 4.79 Å². The number of esters is 1. The van der Waals surface area contributed by atoms with Gasteiger partial charge in [-0.2, -0.15) is 11.8 Å². The van der Waals surface area contributed by atoms with E-state index >= 15 is 0 Å². The van der Waals surface area contributed by atoms with Crippen molar-refractivity contribution in [3.05, 3.63) is 0 Å². The largest absolute Gasteiger partial charge is 0.469 e. The molecule has 0 unspecified atom stereocenters. The maximum Gasteiger partial charge on any atom is 0.306 e. The summed E-state index contributed by atoms with van der Waals surface area (Å²) in [7, 11) is 1.49. The van der Waals surface area contributed by atoms with Gasteiger partial charge in [0.2, 0.25) is 0 Å². The molecule has 2 aliphatic carbocycles. The number of ether oxygens (including phenoxy) is 1. The summed E-state index contributed by atoms with van der Waals surface area (Å²) >= 11 is 2.06. The highest BCUT2D eigenvalue weighted by atomic mass is 32.2. The van der Waals surface area contributed by atoms with Gasteiger partial charge >= 0.3 is 5.97 Å². The van der Waals surface area contributed by atoms with Crippen molar-refractivity contribution in [3.8, 4) is 0 Å². The molecule has 2 aliphatic rings. The van der Waals surface area contributed by atoms with Crippen LogP contribution < -0.4 is 0 Å². The fourth-order valence-corrected chi connectivity index (χ4v) is 4.15. The smallest absolute Gasteiger partial charge is 0.306 e. The second kappa shape index (κ2) is 5.44. The van der Waals surface area contributed by atoms with Gasteiger partial charge in [0.15, 0.2) is 0 Å². The minimum absolute atomic E-state index is 0.0287. The molecule has 0 amide bonds. The van der Waals surface area contributed by atoms with Crippen molar-refractivity contribution in [2.24, 2.45) is 11.3 Å². The predicted octanol–water partition coefficient (Wildman–Crippen LogP) is 3.25. The van der Waals surface area contributed by atoms with E-state index < -0.39 is 0 Å². The Morgan fingerprint density at radius 3 is 2.62 bits per heavy atom. The molecule has 0 aromatic carbocycles. The van der Waals surface area contributed by atoms with Gasteiger partial charge in [0.25, 0.3) is 0 Å². The van der Waals surface area contributed by atoms with E-state index in [1.165, 1.54) is 57.1 Å². The number of hydrogen-bond donors (Lipinski definition) is 0. The van der Waals surface area contributed by atoms with Crippen molar-refractivity contribution in [1.29, 1.82) is 0 Å². The molecule has 0 N–H and O–H groups in total. The van der Waals surface area contributed by atoms with Crippen LogP contribution >= 0.6 is 11.8 Å². The molecule has 0 aromatic rings. The van der Waals surface area contributed by atoms with Crippen LogP contribution in [0.5, 0.6) is 0 Å². The third-order valence-electron chi connectivity index (χ3n) is 3.94. The van der Waals surface area contributed by atoms with Crippen LogP contribution in [0, 0.1) is 11.3 Å². The molecule has 0 bridgehead atoms. The average molecular weight is 242 g/mol. The van der Waals surface area contributed by atoms with Gasteiger partial charge < -0.3 is 4.74 Å². The zero-order chi connectivity index (χ0) is 11.4. The molecule has 16 heavy (non-hydrogen) atoms. The van der Waals surface area contributed by atoms with E-state index in [4.69, 9.17) is 4.74 Å². The van der Waals surface area contributed by atoms with Crippen molar-refractivity contribution in [2.45, 2.75) is 44.9 Å². The summed E-state index contributed by atoms with van der Waals surface area (Å²) < 4.78 is 4.76. The molecule has 0 radical (unpaired) electrons. The van der Waals surface area contributed by atoms with E-state index in [-0.39, 0.29) is 5.97 Å². The van der Waals surface area contributed by atoms with E-state index in [2.05, 4.69) is 11.8 Å². The van der Waals surface area contributed by atoms with Crippen LogP contribution in [0.1, 0.15) is 44.9 Å². The van der Waals surface area contributed by atoms with Gasteiger partial charge in [0, 0.05) is 0 Å². The van der Waals surface area contributed by atoms with E-state index in [1.54, 1.807) is 0 Å². The minimum Gasteiger partial charge on any atom is -0.469 e. The number of hydrogen-bond acceptors (Lipinski definition) is 3. The average Bonchev–Trinajstić information content (AvgIpc) is 2.83. The second-order valence-electron chi connectivity index (χ2n) is 5.42. The van der Waals surface area contributed by atoms with Crippen molar-refractivity contribution in [2.75, 3.05) is 18.6 Å². The van der Waals surface area contributed by atoms with Crippen molar-refractivity contribution < 1.29 is 9.53 Å². The lowest BCUT2D eigenvalue weighted by atomic mass is 10.1. The monoisotopic (exact) mass is 242 g/mol. The van der Waals surface area contributed by atoms with E-state index in [0.29, 0.717) is 11.8 Å². The van der Waals surface area contributed by atoms with Gasteiger partial charge in [-0.1, -0.05) is 12.8 Å². The molecular weight excluding hydrogens is 220 g/mol. The van der Waals surface area contributed by atoms with E-state index in [0.717, 1.165) is 5.92 Å². The second-order valence-corrected chi connectivity index (χ2v) is 6.45. The zero-order valence-corrected chi connectivity index (χ0v) is 11.0. The maximum absolute atomic E-state index is 11.3. The van der Waals surface area contributed by atoms with Crippen LogP contribution in [0.3, 0.4) is 0 Å². The topological polar surface area (TPSA) is 26.3 Å². The quantitative estimate of drug-likeness (QED) is 0.669. The third-order valence-corrected chi connectivity index (χ3v) is 5.46. The lowest BCUT2D eigenvalue weighted by Crippen LogP contribution is -2.14. The summed E-state index contributed by atoms with van der Waals surface area (Å²) in [5, 5.41) is 0. The molecular formula is C13H22O2S. The molecule has 0 saturated heterocycles. The van der Waals surface area contributed by atoms with Gasteiger partial charge in [-0.25, -0.2) is 0 Å². The van der Waals surface area contributed by atoms with Crippen LogP contribution in [-0.4, -0.2) is 24.6 Å². The fraction of sp³-hybridized carbons (Fsp3) is 0.923. The molecule has 0 atom stereocenters. The van der Waals surface area contributed by atoms with Crippen molar-refractivity contribution >= 4 is 17.7 Å². The van der Waals surface area contributed by atoms with Crippen LogP contribution in [-0.2, 0) is 9.53 Å². The summed E-state index contributed by atoms with van der Waals surface area (Å²) in [6.45, 7) is 0. The molecule has 3 heteroatoms. The summed E-state index contributed by atoms with van der Waals surface area (Å²) in [5.41, 5.74) is 0.316. The molecule has 2 fully saturated rings. The fourth-order valence-electron chi connectivity index (χ4n) is 2.55. The third kappa shape index (κ3) is 3.41. The van der Waals surface area contributed by atoms with Crippen LogP contribution in [0.15, 0.2) is 0 Å². The molecule has 0 heterocycles. The molecule has 2 rings (SSSR count). The Labute approximate surface area is 103 Å².